The molecule has 0 spiro atoms. The first-order valence-corrected chi connectivity index (χ1v) is 14.1. The van der Waals surface area contributed by atoms with Crippen molar-refractivity contribution < 1.29 is 14.0 Å². The molecule has 2 amide bonds. The van der Waals surface area contributed by atoms with E-state index < -0.39 is 0 Å². The molecule has 3 heterocycles. The van der Waals surface area contributed by atoms with Crippen molar-refractivity contribution in [2.45, 2.75) is 44.6 Å². The second-order valence-electron chi connectivity index (χ2n) is 10.2. The number of carbonyl (C=O) groups is 2. The minimum Gasteiger partial charge on any atom is -0.423 e. The number of hydrogen-bond acceptors (Lipinski definition) is 6. The van der Waals surface area contributed by atoms with Crippen molar-refractivity contribution in [2.24, 2.45) is 5.92 Å². The van der Waals surface area contributed by atoms with Gasteiger partial charge in [-0.3, -0.25) is 9.59 Å². The van der Waals surface area contributed by atoms with Gasteiger partial charge in [0, 0.05) is 62.2 Å². The van der Waals surface area contributed by atoms with E-state index in [9.17, 15) is 9.59 Å². The third kappa shape index (κ3) is 6.66. The van der Waals surface area contributed by atoms with Crippen LogP contribution < -0.4 is 15.5 Å². The summed E-state index contributed by atoms with van der Waals surface area (Å²) in [5.41, 5.74) is 2.58. The summed E-state index contributed by atoms with van der Waals surface area (Å²) in [6.45, 7) is 4.30. The molecule has 2 aromatic carbocycles. The number of piperidine rings is 1. The Labute approximate surface area is 228 Å². The molecule has 3 aromatic rings. The zero-order valence-electron chi connectivity index (χ0n) is 21.7. The molecule has 1 unspecified atom stereocenters. The molecular formula is C29H36ClN5O3. The van der Waals surface area contributed by atoms with E-state index >= 15 is 0 Å². The molecule has 1 atom stereocenters. The highest BCUT2D eigenvalue weighted by molar-refractivity contribution is 6.31. The highest BCUT2D eigenvalue weighted by Gasteiger charge is 2.30. The number of hydrogen-bond donors (Lipinski definition) is 2. The maximum atomic E-state index is 13.6. The fraction of sp³-hybridized carbons (Fsp3) is 0.483. The van der Waals surface area contributed by atoms with Gasteiger partial charge in [-0.25, -0.2) is 0 Å². The molecule has 2 fully saturated rings. The van der Waals surface area contributed by atoms with Crippen LogP contribution in [0.5, 0.6) is 0 Å². The maximum Gasteiger partial charge on any atom is 0.298 e. The predicted molar refractivity (Wildman–Crippen MR) is 149 cm³/mol. The summed E-state index contributed by atoms with van der Waals surface area (Å²) in [6, 6.07) is 16.1. The molecule has 2 aliphatic heterocycles. The van der Waals surface area contributed by atoms with E-state index in [0.29, 0.717) is 29.6 Å². The predicted octanol–water partition coefficient (Wildman–Crippen LogP) is 4.55. The van der Waals surface area contributed by atoms with Crippen molar-refractivity contribution in [3.63, 3.8) is 0 Å². The van der Waals surface area contributed by atoms with E-state index in [2.05, 4.69) is 32.7 Å². The monoisotopic (exact) mass is 537 g/mol. The quantitative estimate of drug-likeness (QED) is 0.509. The lowest BCUT2D eigenvalue weighted by Crippen LogP contribution is -2.44. The average molecular weight is 538 g/mol. The first-order valence-electron chi connectivity index (χ1n) is 13.7. The van der Waals surface area contributed by atoms with Gasteiger partial charge in [-0.2, -0.15) is 4.98 Å². The Balaban J connectivity index is 1.17. The second-order valence-corrected chi connectivity index (χ2v) is 10.7. The molecule has 1 aromatic heterocycles. The Morgan fingerprint density at radius 2 is 1.76 bits per heavy atom. The molecule has 202 valence electrons. The zero-order valence-corrected chi connectivity index (χ0v) is 22.5. The molecule has 2 N–H and O–H groups in total. The number of fused-ring (bicyclic) bond motifs is 1. The summed E-state index contributed by atoms with van der Waals surface area (Å²) in [4.78, 5) is 34.8. The zero-order chi connectivity index (χ0) is 26.3. The van der Waals surface area contributed by atoms with E-state index in [-0.39, 0.29) is 23.8 Å². The van der Waals surface area contributed by atoms with Gasteiger partial charge in [-0.15, -0.1) is 0 Å². The molecule has 0 bridgehead atoms. The van der Waals surface area contributed by atoms with Crippen LogP contribution in [0.1, 0.15) is 50.1 Å². The van der Waals surface area contributed by atoms with Crippen molar-refractivity contribution >= 4 is 40.5 Å². The molecule has 0 saturated carbocycles. The summed E-state index contributed by atoms with van der Waals surface area (Å²) in [5.74, 6) is 0.310. The number of nitrogens with one attached hydrogen (secondary N) is 2. The molecule has 38 heavy (non-hydrogen) atoms. The van der Waals surface area contributed by atoms with Crippen LogP contribution in [-0.4, -0.2) is 61.0 Å². The summed E-state index contributed by atoms with van der Waals surface area (Å²) < 4.78 is 5.94. The Morgan fingerprint density at radius 3 is 2.58 bits per heavy atom. The van der Waals surface area contributed by atoms with Gasteiger partial charge in [0.2, 0.25) is 11.8 Å². The van der Waals surface area contributed by atoms with Crippen molar-refractivity contribution in [1.29, 1.82) is 0 Å². The molecular weight excluding hydrogens is 502 g/mol. The smallest absolute Gasteiger partial charge is 0.298 e. The second kappa shape index (κ2) is 12.6. The van der Waals surface area contributed by atoms with E-state index in [1.807, 2.05) is 35.2 Å². The molecule has 5 rings (SSSR count). The Morgan fingerprint density at radius 1 is 0.974 bits per heavy atom. The van der Waals surface area contributed by atoms with Crippen LogP contribution in [-0.2, 0) is 9.59 Å². The minimum atomic E-state index is -0.0340. The molecule has 8 nitrogen and oxygen atoms in total. The van der Waals surface area contributed by atoms with Gasteiger partial charge in [-0.05, 0) is 56.3 Å². The van der Waals surface area contributed by atoms with Gasteiger partial charge < -0.3 is 24.9 Å². The lowest BCUT2D eigenvalue weighted by Gasteiger charge is -2.33. The van der Waals surface area contributed by atoms with Crippen LogP contribution in [0.2, 0.25) is 5.02 Å². The van der Waals surface area contributed by atoms with Crippen molar-refractivity contribution in [3.8, 4) is 0 Å². The van der Waals surface area contributed by atoms with Gasteiger partial charge in [0.25, 0.3) is 6.01 Å². The Kier molecular flexibility index (Phi) is 8.81. The number of oxazole rings is 1. The lowest BCUT2D eigenvalue weighted by molar-refractivity contribution is -0.136. The van der Waals surface area contributed by atoms with Gasteiger partial charge in [0.15, 0.2) is 5.58 Å². The third-order valence-corrected chi connectivity index (χ3v) is 7.76. The van der Waals surface area contributed by atoms with E-state index in [0.717, 1.165) is 75.9 Å². The van der Waals surface area contributed by atoms with Gasteiger partial charge in [0.05, 0.1) is 0 Å². The van der Waals surface area contributed by atoms with Crippen molar-refractivity contribution in [3.05, 3.63) is 59.1 Å². The number of amides is 2. The van der Waals surface area contributed by atoms with Gasteiger partial charge >= 0.3 is 0 Å². The largest absolute Gasteiger partial charge is 0.423 e. The first-order chi connectivity index (χ1) is 18.6. The Bertz CT molecular complexity index is 1230. The number of aromatic nitrogens is 1. The summed E-state index contributed by atoms with van der Waals surface area (Å²) >= 11 is 6.08. The molecule has 9 heteroatoms. The van der Waals surface area contributed by atoms with Crippen LogP contribution in [0.4, 0.5) is 6.01 Å². The van der Waals surface area contributed by atoms with E-state index in [1.54, 1.807) is 6.07 Å². The van der Waals surface area contributed by atoms with Crippen LogP contribution in [0.25, 0.3) is 11.1 Å². The SMILES string of the molecule is O=C1CC(c2ccccc2)NCCCN(C(=O)C2CCN(c3nc4ccc(Cl)cc4o3)CC2)CCCCN1. The highest BCUT2D eigenvalue weighted by Crippen LogP contribution is 2.29. The number of carbonyl (C=O) groups excluding carboxylic acids is 2. The number of rotatable bonds is 3. The number of nitrogens with zero attached hydrogens (tertiary/aromatic N) is 3. The fourth-order valence-electron chi connectivity index (χ4n) is 5.38. The van der Waals surface area contributed by atoms with E-state index in [4.69, 9.17) is 16.0 Å². The first kappa shape index (κ1) is 26.5. The lowest BCUT2D eigenvalue weighted by atomic mass is 9.95. The molecule has 0 radical (unpaired) electrons. The highest BCUT2D eigenvalue weighted by atomic mass is 35.5. The molecule has 2 aliphatic rings. The summed E-state index contributed by atoms with van der Waals surface area (Å²) in [5, 5.41) is 7.23. The van der Waals surface area contributed by atoms with Gasteiger partial charge in [-0.1, -0.05) is 41.9 Å². The van der Waals surface area contributed by atoms with Crippen LogP contribution >= 0.6 is 11.6 Å². The maximum absolute atomic E-state index is 13.6. The van der Waals surface area contributed by atoms with Crippen LogP contribution in [0.3, 0.4) is 0 Å². The minimum absolute atomic E-state index is 0.00508. The number of halogens is 1. The normalized spacial score (nSPS) is 20.9. The summed E-state index contributed by atoms with van der Waals surface area (Å²) in [7, 11) is 0. The topological polar surface area (TPSA) is 90.7 Å². The van der Waals surface area contributed by atoms with Crippen LogP contribution in [0, 0.1) is 5.92 Å². The van der Waals surface area contributed by atoms with E-state index in [1.165, 1.54) is 0 Å². The van der Waals surface area contributed by atoms with Crippen molar-refractivity contribution in [1.82, 2.24) is 20.5 Å². The van der Waals surface area contributed by atoms with Gasteiger partial charge in [0.1, 0.15) is 5.52 Å². The third-order valence-electron chi connectivity index (χ3n) is 7.53. The molecule has 2 saturated heterocycles. The Hall–Kier alpha value is -3.10. The van der Waals surface area contributed by atoms with Crippen molar-refractivity contribution in [2.75, 3.05) is 44.2 Å². The number of anilines is 1. The fourth-order valence-corrected chi connectivity index (χ4v) is 5.54. The summed E-state index contributed by atoms with van der Waals surface area (Å²) in [6.07, 6.45) is 4.56. The average Bonchev–Trinajstić information content (AvgIpc) is 3.37. The molecule has 0 aliphatic carbocycles. The number of benzene rings is 2. The van der Waals surface area contributed by atoms with Crippen LogP contribution in [0.15, 0.2) is 52.9 Å². The standard InChI is InChI=1S/C29H36ClN5O3/c30-23-9-10-24-26(19-23)38-29(33-24)35-17-11-22(12-18-35)28(37)34-15-5-4-13-32-27(36)20-25(31-14-6-16-34)21-7-2-1-3-8-21/h1-3,7-10,19,22,25,31H,4-6,11-18,20H2,(H,32,36).